The maximum atomic E-state index is 12.5. The zero-order valence-electron chi connectivity index (χ0n) is 16.1. The molecule has 144 valence electrons. The molecular formula is C20H26N4O3. The van der Waals surface area contributed by atoms with Crippen LogP contribution in [-0.2, 0) is 4.74 Å². The zero-order valence-corrected chi connectivity index (χ0v) is 16.1. The lowest BCUT2D eigenvalue weighted by Crippen LogP contribution is -2.32. The lowest BCUT2D eigenvalue weighted by molar-refractivity contribution is 0.0526. The Bertz CT molecular complexity index is 739. The Morgan fingerprint density at radius 1 is 0.963 bits per heavy atom. The van der Waals surface area contributed by atoms with E-state index >= 15 is 0 Å². The molecule has 1 aromatic carbocycles. The van der Waals surface area contributed by atoms with E-state index in [-0.39, 0.29) is 11.9 Å². The van der Waals surface area contributed by atoms with E-state index < -0.39 is 0 Å². The maximum Gasteiger partial charge on any atom is 0.338 e. The second-order valence-electron chi connectivity index (χ2n) is 6.01. The highest BCUT2D eigenvalue weighted by atomic mass is 16.5. The molecule has 0 spiro atoms. The molecule has 0 saturated heterocycles. The van der Waals surface area contributed by atoms with Gasteiger partial charge in [0.15, 0.2) is 0 Å². The smallest absolute Gasteiger partial charge is 0.338 e. The molecule has 0 unspecified atom stereocenters. The average Bonchev–Trinajstić information content (AvgIpc) is 2.68. The molecule has 7 heteroatoms. The normalized spacial score (nSPS) is 10.3. The molecule has 0 atom stereocenters. The fraction of sp³-hybridized carbons (Fsp3) is 0.400. The van der Waals surface area contributed by atoms with Gasteiger partial charge >= 0.3 is 5.97 Å². The number of carbonyl (C=O) groups excluding carboxylic acids is 2. The molecule has 0 aliphatic heterocycles. The maximum absolute atomic E-state index is 12.5. The Kier molecular flexibility index (Phi) is 7.73. The minimum Gasteiger partial charge on any atom is -0.462 e. The molecule has 7 nitrogen and oxygen atoms in total. The van der Waals surface area contributed by atoms with Crippen LogP contribution in [0.15, 0.2) is 36.7 Å². The second kappa shape index (κ2) is 10.3. The number of nitrogens with one attached hydrogen (secondary N) is 1. The number of anilines is 2. The van der Waals surface area contributed by atoms with Crippen LogP contribution in [0.4, 0.5) is 11.6 Å². The molecule has 2 rings (SSSR count). The summed E-state index contributed by atoms with van der Waals surface area (Å²) in [4.78, 5) is 34.5. The summed E-state index contributed by atoms with van der Waals surface area (Å²) in [7, 11) is 0. The molecule has 27 heavy (non-hydrogen) atoms. The number of benzene rings is 1. The molecule has 0 aliphatic carbocycles. The quantitative estimate of drug-likeness (QED) is 0.678. The first kappa shape index (κ1) is 20.4. The van der Waals surface area contributed by atoms with Gasteiger partial charge in [-0.2, -0.15) is 0 Å². The first-order valence-electron chi connectivity index (χ1n) is 9.24. The van der Waals surface area contributed by atoms with E-state index in [1.165, 1.54) is 12.4 Å². The van der Waals surface area contributed by atoms with Crippen molar-refractivity contribution in [3.05, 3.63) is 47.8 Å². The number of amides is 1. The van der Waals surface area contributed by atoms with Gasteiger partial charge in [-0.05, 0) is 44.0 Å². The van der Waals surface area contributed by atoms with Crippen LogP contribution in [-0.4, -0.2) is 46.4 Å². The number of hydrogen-bond donors (Lipinski definition) is 1. The molecule has 0 fully saturated rings. The van der Waals surface area contributed by atoms with Crippen LogP contribution in [0.3, 0.4) is 0 Å². The first-order valence-corrected chi connectivity index (χ1v) is 9.24. The minimum absolute atomic E-state index is 0.0518. The van der Waals surface area contributed by atoms with Crippen LogP contribution >= 0.6 is 0 Å². The summed E-state index contributed by atoms with van der Waals surface area (Å²) < 4.78 is 4.96. The number of aromatic nitrogens is 2. The van der Waals surface area contributed by atoms with Gasteiger partial charge in [-0.3, -0.25) is 4.79 Å². The first-order chi connectivity index (χ1) is 13.1. The van der Waals surface area contributed by atoms with Gasteiger partial charge in [0.05, 0.1) is 17.7 Å². The van der Waals surface area contributed by atoms with E-state index in [9.17, 15) is 9.59 Å². The third-order valence-corrected chi connectivity index (χ3v) is 3.83. The highest BCUT2D eigenvalue weighted by Crippen LogP contribution is 2.15. The summed E-state index contributed by atoms with van der Waals surface area (Å²) >= 11 is 0. The summed E-state index contributed by atoms with van der Waals surface area (Å²) in [5.41, 5.74) is 1.69. The SMILES string of the molecule is CCCN(CCC)C(=O)c1cnc(Nc2ccc(C(=O)OCC)cc2)nc1. The van der Waals surface area contributed by atoms with Crippen LogP contribution in [0.2, 0.25) is 0 Å². The summed E-state index contributed by atoms with van der Waals surface area (Å²) in [6.07, 6.45) is 4.88. The fourth-order valence-electron chi connectivity index (χ4n) is 2.57. The van der Waals surface area contributed by atoms with Crippen LogP contribution in [0.1, 0.15) is 54.3 Å². The van der Waals surface area contributed by atoms with Gasteiger partial charge < -0.3 is 15.0 Å². The highest BCUT2D eigenvalue weighted by Gasteiger charge is 2.15. The van der Waals surface area contributed by atoms with Crippen LogP contribution in [0, 0.1) is 0 Å². The highest BCUT2D eigenvalue weighted by molar-refractivity contribution is 5.93. The Hall–Kier alpha value is -2.96. The molecule has 0 saturated carbocycles. The minimum atomic E-state index is -0.355. The molecule has 0 bridgehead atoms. The molecule has 0 aliphatic rings. The Labute approximate surface area is 159 Å². The van der Waals surface area contributed by atoms with Crippen molar-refractivity contribution < 1.29 is 14.3 Å². The number of carbonyl (C=O) groups is 2. The molecular weight excluding hydrogens is 344 g/mol. The van der Waals surface area contributed by atoms with Crippen molar-refractivity contribution in [3.8, 4) is 0 Å². The molecule has 2 aromatic rings. The van der Waals surface area contributed by atoms with E-state index in [1.54, 1.807) is 31.2 Å². The van der Waals surface area contributed by atoms with Crippen LogP contribution in [0.25, 0.3) is 0 Å². The van der Waals surface area contributed by atoms with Crippen molar-refractivity contribution in [2.45, 2.75) is 33.6 Å². The third-order valence-electron chi connectivity index (χ3n) is 3.83. The van der Waals surface area contributed by atoms with Crippen molar-refractivity contribution in [1.82, 2.24) is 14.9 Å². The van der Waals surface area contributed by atoms with Gasteiger partial charge in [-0.25, -0.2) is 14.8 Å². The summed E-state index contributed by atoms with van der Waals surface area (Å²) in [5.74, 6) is -0.0242. The lowest BCUT2D eigenvalue weighted by Gasteiger charge is -2.21. The molecule has 1 aromatic heterocycles. The van der Waals surface area contributed by atoms with E-state index in [1.807, 2.05) is 18.7 Å². The molecule has 0 radical (unpaired) electrons. The number of hydrogen-bond acceptors (Lipinski definition) is 6. The summed E-state index contributed by atoms with van der Waals surface area (Å²) in [6.45, 7) is 7.65. The van der Waals surface area contributed by atoms with Crippen molar-refractivity contribution in [2.75, 3.05) is 25.0 Å². The van der Waals surface area contributed by atoms with Crippen LogP contribution in [0.5, 0.6) is 0 Å². The van der Waals surface area contributed by atoms with E-state index in [4.69, 9.17) is 4.74 Å². The van der Waals surface area contributed by atoms with Gasteiger partial charge in [-0.1, -0.05) is 13.8 Å². The average molecular weight is 370 g/mol. The van der Waals surface area contributed by atoms with Gasteiger partial charge in [0.25, 0.3) is 5.91 Å². The topological polar surface area (TPSA) is 84.4 Å². The van der Waals surface area contributed by atoms with Crippen molar-refractivity contribution in [3.63, 3.8) is 0 Å². The number of rotatable bonds is 9. The Morgan fingerprint density at radius 2 is 1.56 bits per heavy atom. The number of esters is 1. The van der Waals surface area contributed by atoms with Crippen molar-refractivity contribution in [1.29, 1.82) is 0 Å². The largest absolute Gasteiger partial charge is 0.462 e. The second-order valence-corrected chi connectivity index (χ2v) is 6.01. The summed E-state index contributed by atoms with van der Waals surface area (Å²) in [5, 5.41) is 3.05. The van der Waals surface area contributed by atoms with Gasteiger partial charge in [0, 0.05) is 31.2 Å². The molecule has 1 heterocycles. The number of ether oxygens (including phenoxy) is 1. The predicted molar refractivity (Wildman–Crippen MR) is 104 cm³/mol. The van der Waals surface area contributed by atoms with Gasteiger partial charge in [0.2, 0.25) is 5.95 Å². The molecule has 1 N–H and O–H groups in total. The molecule has 1 amide bonds. The van der Waals surface area contributed by atoms with E-state index in [2.05, 4.69) is 15.3 Å². The predicted octanol–water partition coefficient (Wildman–Crippen LogP) is 3.66. The Morgan fingerprint density at radius 3 is 2.07 bits per heavy atom. The van der Waals surface area contributed by atoms with Crippen molar-refractivity contribution >= 4 is 23.5 Å². The lowest BCUT2D eigenvalue weighted by atomic mass is 10.2. The third kappa shape index (κ3) is 5.77. The van der Waals surface area contributed by atoms with E-state index in [0.717, 1.165) is 31.6 Å². The van der Waals surface area contributed by atoms with Gasteiger partial charge in [-0.15, -0.1) is 0 Å². The standard InChI is InChI=1S/C20H26N4O3/c1-4-11-24(12-5-2)18(25)16-13-21-20(22-14-16)23-17-9-7-15(8-10-17)19(26)27-6-3/h7-10,13-14H,4-6,11-12H2,1-3H3,(H,21,22,23). The Balaban J connectivity index is 2.02. The number of nitrogens with zero attached hydrogens (tertiary/aromatic N) is 3. The fourth-order valence-corrected chi connectivity index (χ4v) is 2.57. The summed E-state index contributed by atoms with van der Waals surface area (Å²) in [6, 6.07) is 6.84. The van der Waals surface area contributed by atoms with Crippen molar-refractivity contribution in [2.24, 2.45) is 0 Å². The van der Waals surface area contributed by atoms with E-state index in [0.29, 0.717) is 23.7 Å². The van der Waals surface area contributed by atoms with Crippen LogP contribution < -0.4 is 5.32 Å². The monoisotopic (exact) mass is 370 g/mol. The zero-order chi connectivity index (χ0) is 19.6. The van der Waals surface area contributed by atoms with Gasteiger partial charge in [0.1, 0.15) is 0 Å².